The molecule has 0 aliphatic rings. The maximum atomic E-state index is 12.4. The van der Waals surface area contributed by atoms with Gasteiger partial charge in [-0.2, -0.15) is 5.10 Å². The summed E-state index contributed by atoms with van der Waals surface area (Å²) in [5, 5.41) is 13.6. The van der Waals surface area contributed by atoms with Gasteiger partial charge in [0.1, 0.15) is 12.4 Å². The number of ether oxygens (including phenoxy) is 1. The van der Waals surface area contributed by atoms with Crippen molar-refractivity contribution < 1.29 is 9.53 Å². The van der Waals surface area contributed by atoms with Gasteiger partial charge in [0.05, 0.1) is 18.0 Å². The Hall–Kier alpha value is -2.72. The molecule has 0 radical (unpaired) electrons. The van der Waals surface area contributed by atoms with Crippen LogP contribution in [0.4, 0.5) is 0 Å². The predicted molar refractivity (Wildman–Crippen MR) is 112 cm³/mol. The van der Waals surface area contributed by atoms with E-state index in [1.54, 1.807) is 40.9 Å². The molecule has 0 unspecified atom stereocenters. The minimum Gasteiger partial charge on any atom is -0.492 e. The quantitative estimate of drug-likeness (QED) is 0.426. The molecule has 3 aromatic rings. The molecular formula is C18H22ClN7O2S. The molecule has 2 N–H and O–H groups in total. The van der Waals surface area contributed by atoms with Crippen LogP contribution in [0.15, 0.2) is 35.5 Å². The highest BCUT2D eigenvalue weighted by molar-refractivity contribution is 7.99. The van der Waals surface area contributed by atoms with Crippen LogP contribution in [-0.4, -0.2) is 61.4 Å². The smallest absolute Gasteiger partial charge is 0.271 e. The van der Waals surface area contributed by atoms with Gasteiger partial charge in [-0.1, -0.05) is 23.4 Å². The normalized spacial score (nSPS) is 10.9. The van der Waals surface area contributed by atoms with Gasteiger partial charge < -0.3 is 15.5 Å². The Balaban J connectivity index is 1.50. The first kappa shape index (κ1) is 21.0. The van der Waals surface area contributed by atoms with Gasteiger partial charge in [0.2, 0.25) is 11.1 Å². The molecule has 0 saturated heterocycles. The number of aryl methyl sites for hydroxylation is 2. The number of amides is 1. The summed E-state index contributed by atoms with van der Waals surface area (Å²) in [5.41, 5.74) is 1.76. The number of nitrogens with two attached hydrogens (primary N) is 1. The third-order valence-corrected chi connectivity index (χ3v) is 5.28. The lowest BCUT2D eigenvalue weighted by atomic mass is 10.3. The van der Waals surface area contributed by atoms with Crippen LogP contribution in [0, 0.1) is 13.8 Å². The first-order valence-corrected chi connectivity index (χ1v) is 10.2. The van der Waals surface area contributed by atoms with E-state index >= 15 is 0 Å². The fraction of sp³-hybridized carbons (Fsp3) is 0.333. The van der Waals surface area contributed by atoms with Gasteiger partial charge in [0, 0.05) is 17.8 Å². The van der Waals surface area contributed by atoms with Crippen molar-refractivity contribution in [3.8, 4) is 11.7 Å². The molecule has 0 saturated carbocycles. The molecule has 0 fully saturated rings. The molecule has 2 aromatic heterocycles. The summed E-state index contributed by atoms with van der Waals surface area (Å²) in [6.45, 7) is 4.63. The van der Waals surface area contributed by atoms with E-state index in [1.165, 1.54) is 16.4 Å². The first-order chi connectivity index (χ1) is 13.8. The summed E-state index contributed by atoms with van der Waals surface area (Å²) in [4.78, 5) is 14.0. The molecule has 154 valence electrons. The lowest BCUT2D eigenvalue weighted by molar-refractivity contribution is -0.127. The van der Waals surface area contributed by atoms with Gasteiger partial charge in [-0.15, -0.1) is 10.2 Å². The molecule has 1 amide bonds. The zero-order valence-electron chi connectivity index (χ0n) is 16.4. The van der Waals surface area contributed by atoms with E-state index < -0.39 is 0 Å². The summed E-state index contributed by atoms with van der Waals surface area (Å²) in [6, 6.07) is 9.01. The van der Waals surface area contributed by atoms with Crippen LogP contribution in [-0.2, 0) is 4.79 Å². The number of nitrogen functional groups attached to an aromatic ring is 1. The van der Waals surface area contributed by atoms with Crippen LogP contribution in [0.1, 0.15) is 11.4 Å². The average Bonchev–Trinajstić information content (AvgIpc) is 3.22. The van der Waals surface area contributed by atoms with E-state index in [4.69, 9.17) is 22.2 Å². The molecular weight excluding hydrogens is 414 g/mol. The number of hydrogen-bond donors (Lipinski definition) is 1. The summed E-state index contributed by atoms with van der Waals surface area (Å²) in [5.74, 6) is 7.31. The van der Waals surface area contributed by atoms with Gasteiger partial charge in [-0.05, 0) is 44.2 Å². The number of likely N-dealkylation sites (N-methyl/N-ethyl adjacent to an activating group) is 1. The minimum absolute atomic E-state index is 0.0645. The van der Waals surface area contributed by atoms with Crippen molar-refractivity contribution in [2.75, 3.05) is 31.8 Å². The lowest BCUT2D eigenvalue weighted by Gasteiger charge is -2.17. The summed E-state index contributed by atoms with van der Waals surface area (Å²) in [6.07, 6.45) is 0. The van der Waals surface area contributed by atoms with Crippen LogP contribution in [0.3, 0.4) is 0 Å². The molecule has 0 atom stereocenters. The molecule has 29 heavy (non-hydrogen) atoms. The van der Waals surface area contributed by atoms with Crippen LogP contribution >= 0.6 is 23.4 Å². The van der Waals surface area contributed by atoms with Crippen molar-refractivity contribution in [1.29, 1.82) is 0 Å². The van der Waals surface area contributed by atoms with Crippen LogP contribution in [0.2, 0.25) is 5.02 Å². The average molecular weight is 436 g/mol. The molecule has 3 rings (SSSR count). The number of benzene rings is 1. The Morgan fingerprint density at radius 3 is 2.66 bits per heavy atom. The topological polar surface area (TPSA) is 104 Å². The van der Waals surface area contributed by atoms with Crippen molar-refractivity contribution >= 4 is 29.3 Å². The second-order valence-electron chi connectivity index (χ2n) is 6.40. The maximum absolute atomic E-state index is 12.4. The molecule has 9 nitrogen and oxygen atoms in total. The summed E-state index contributed by atoms with van der Waals surface area (Å²) in [7, 11) is 1.72. The minimum atomic E-state index is -0.0645. The van der Waals surface area contributed by atoms with Crippen molar-refractivity contribution in [2.45, 2.75) is 19.0 Å². The maximum Gasteiger partial charge on any atom is 0.271 e. The van der Waals surface area contributed by atoms with Crippen molar-refractivity contribution in [3.63, 3.8) is 0 Å². The molecule has 2 heterocycles. The Bertz CT molecular complexity index is 987. The predicted octanol–water partition coefficient (Wildman–Crippen LogP) is 2.08. The lowest BCUT2D eigenvalue weighted by Crippen LogP contribution is -2.32. The Kier molecular flexibility index (Phi) is 6.65. The van der Waals surface area contributed by atoms with E-state index in [0.29, 0.717) is 35.0 Å². The Morgan fingerprint density at radius 2 is 2.00 bits per heavy atom. The van der Waals surface area contributed by atoms with E-state index in [1.807, 2.05) is 19.9 Å². The van der Waals surface area contributed by atoms with Crippen LogP contribution in [0.5, 0.6) is 5.75 Å². The summed E-state index contributed by atoms with van der Waals surface area (Å²) >= 11 is 7.06. The highest BCUT2D eigenvalue weighted by atomic mass is 35.5. The monoisotopic (exact) mass is 435 g/mol. The number of hydrogen-bond acceptors (Lipinski definition) is 7. The largest absolute Gasteiger partial charge is 0.492 e. The third-order valence-electron chi connectivity index (χ3n) is 4.11. The van der Waals surface area contributed by atoms with E-state index in [9.17, 15) is 4.79 Å². The number of carbonyl (C=O) groups excluding carboxylic acids is 1. The zero-order valence-corrected chi connectivity index (χ0v) is 17.9. The van der Waals surface area contributed by atoms with Gasteiger partial charge in [0.15, 0.2) is 0 Å². The van der Waals surface area contributed by atoms with Gasteiger partial charge in [-0.3, -0.25) is 4.79 Å². The number of rotatable bonds is 8. The Labute approximate surface area is 177 Å². The second kappa shape index (κ2) is 9.19. The number of aromatic nitrogens is 5. The van der Waals surface area contributed by atoms with Gasteiger partial charge >= 0.3 is 0 Å². The van der Waals surface area contributed by atoms with E-state index in [-0.39, 0.29) is 11.7 Å². The first-order valence-electron chi connectivity index (χ1n) is 8.84. The number of nitrogens with zero attached hydrogens (tertiary/aromatic N) is 6. The number of carbonyl (C=O) groups is 1. The molecule has 0 aliphatic carbocycles. The van der Waals surface area contributed by atoms with Crippen molar-refractivity contribution in [3.05, 3.63) is 46.7 Å². The molecule has 0 bridgehead atoms. The zero-order chi connectivity index (χ0) is 21.0. The number of thioether (sulfide) groups is 1. The van der Waals surface area contributed by atoms with Gasteiger partial charge in [-0.25, -0.2) is 9.36 Å². The van der Waals surface area contributed by atoms with Crippen LogP contribution in [0.25, 0.3) is 5.95 Å². The molecule has 0 spiro atoms. The highest BCUT2D eigenvalue weighted by Crippen LogP contribution is 2.18. The SMILES string of the molecule is Cc1cc(C)n(-c2nnc(SCC(=O)N(C)CCOc3ccc(Cl)cc3)n2N)n1. The fourth-order valence-corrected chi connectivity index (χ4v) is 3.45. The molecule has 11 heteroatoms. The molecule has 1 aromatic carbocycles. The standard InChI is InChI=1S/C18H22ClN7O2S/c1-12-10-13(2)26(23-12)17-21-22-18(25(17)20)29-11-16(27)24(3)8-9-28-15-6-4-14(19)5-7-15/h4-7,10H,8-9,11,20H2,1-3H3. The number of halogens is 1. The second-order valence-corrected chi connectivity index (χ2v) is 7.78. The fourth-order valence-electron chi connectivity index (χ4n) is 2.54. The molecule has 0 aliphatic heterocycles. The van der Waals surface area contributed by atoms with Crippen LogP contribution < -0.4 is 10.6 Å². The summed E-state index contributed by atoms with van der Waals surface area (Å²) < 4.78 is 8.57. The third kappa shape index (κ3) is 5.21. The van der Waals surface area contributed by atoms with E-state index in [2.05, 4.69) is 15.3 Å². The van der Waals surface area contributed by atoms with Crippen molar-refractivity contribution in [1.82, 2.24) is 29.6 Å². The van der Waals surface area contributed by atoms with Crippen molar-refractivity contribution in [2.24, 2.45) is 0 Å². The Morgan fingerprint density at radius 1 is 1.28 bits per heavy atom. The highest BCUT2D eigenvalue weighted by Gasteiger charge is 2.17. The van der Waals surface area contributed by atoms with Gasteiger partial charge in [0.25, 0.3) is 5.95 Å². The van der Waals surface area contributed by atoms with E-state index in [0.717, 1.165) is 11.4 Å².